The Morgan fingerprint density at radius 1 is 0.868 bits per heavy atom. The second-order valence-electron chi connectivity index (χ2n) is 10.6. The minimum absolute atomic E-state index is 0.134. The van der Waals surface area contributed by atoms with Crippen LogP contribution in [0.4, 0.5) is 21.9 Å². The summed E-state index contributed by atoms with van der Waals surface area (Å²) in [6, 6.07) is 16.7. The summed E-state index contributed by atoms with van der Waals surface area (Å²) in [6.45, 7) is 10.9. The zero-order chi connectivity index (χ0) is 27.8. The van der Waals surface area contributed by atoms with E-state index in [9.17, 15) is 4.79 Å². The summed E-state index contributed by atoms with van der Waals surface area (Å²) < 4.78 is 0. The van der Waals surface area contributed by atoms with E-state index in [0.717, 1.165) is 49.2 Å². The van der Waals surface area contributed by atoms with Crippen LogP contribution in [0.3, 0.4) is 0 Å². The van der Waals surface area contributed by atoms with Crippen LogP contribution in [-0.4, -0.2) is 33.2 Å². The van der Waals surface area contributed by atoms with Gasteiger partial charge in [0.25, 0.3) is 0 Å². The van der Waals surface area contributed by atoms with E-state index in [1.54, 1.807) is 0 Å². The van der Waals surface area contributed by atoms with Crippen LogP contribution in [0.2, 0.25) is 0 Å². The number of anilines is 3. The summed E-state index contributed by atoms with van der Waals surface area (Å²) in [5.41, 5.74) is 7.05. The average Bonchev–Trinajstić information content (AvgIpc) is 2.89. The topological polar surface area (TPSA) is 47.6 Å². The molecule has 0 aliphatic carbocycles. The number of allylic oxidation sites excluding steroid dienone is 3. The van der Waals surface area contributed by atoms with Crippen molar-refractivity contribution in [1.29, 1.82) is 0 Å². The molecule has 0 atom stereocenters. The highest BCUT2D eigenvalue weighted by molar-refractivity contribution is 5.90. The Morgan fingerprint density at radius 3 is 2.24 bits per heavy atom. The van der Waals surface area contributed by atoms with Crippen LogP contribution in [0.5, 0.6) is 0 Å². The first-order chi connectivity index (χ1) is 18.3. The molecule has 2 N–H and O–H groups in total. The van der Waals surface area contributed by atoms with Crippen LogP contribution in [0, 0.1) is 0 Å². The van der Waals surface area contributed by atoms with Crippen LogP contribution in [0.15, 0.2) is 71.8 Å². The van der Waals surface area contributed by atoms with Crippen molar-refractivity contribution in [2.24, 2.45) is 0 Å². The number of unbranched alkanes of at least 4 members (excludes halogenated alkanes) is 4. The molecule has 208 valence electrons. The molecule has 0 heterocycles. The van der Waals surface area contributed by atoms with E-state index < -0.39 is 0 Å². The van der Waals surface area contributed by atoms with Gasteiger partial charge in [-0.2, -0.15) is 0 Å². The van der Waals surface area contributed by atoms with E-state index in [0.29, 0.717) is 13.1 Å². The van der Waals surface area contributed by atoms with Gasteiger partial charge in [-0.25, -0.2) is 4.79 Å². The van der Waals surface area contributed by atoms with Gasteiger partial charge >= 0.3 is 6.03 Å². The number of amides is 2. The molecule has 0 radical (unpaired) electrons. The van der Waals surface area contributed by atoms with Crippen molar-refractivity contribution in [2.75, 3.05) is 42.3 Å². The summed E-state index contributed by atoms with van der Waals surface area (Å²) in [6.07, 6.45) is 12.7. The molecule has 5 nitrogen and oxygen atoms in total. The third-order valence-corrected chi connectivity index (χ3v) is 6.68. The fourth-order valence-electron chi connectivity index (χ4n) is 4.26. The Labute approximate surface area is 232 Å². The maximum atomic E-state index is 12.6. The lowest BCUT2D eigenvalue weighted by Crippen LogP contribution is -2.30. The summed E-state index contributed by atoms with van der Waals surface area (Å²) in [5.74, 6) is 0. The smallest absolute Gasteiger partial charge is 0.319 e. The molecular formula is C33H50N4O. The van der Waals surface area contributed by atoms with E-state index in [4.69, 9.17) is 0 Å². The molecule has 0 spiro atoms. The van der Waals surface area contributed by atoms with Gasteiger partial charge in [-0.1, -0.05) is 74.1 Å². The summed E-state index contributed by atoms with van der Waals surface area (Å²) in [5, 5.41) is 6.11. The quantitative estimate of drug-likeness (QED) is 0.173. The van der Waals surface area contributed by atoms with Crippen molar-refractivity contribution in [2.45, 2.75) is 79.2 Å². The molecule has 38 heavy (non-hydrogen) atoms. The van der Waals surface area contributed by atoms with Gasteiger partial charge in [0.2, 0.25) is 0 Å². The van der Waals surface area contributed by atoms with Gasteiger partial charge < -0.3 is 20.4 Å². The minimum Gasteiger partial charge on any atom is -0.378 e. The Morgan fingerprint density at radius 2 is 1.55 bits per heavy atom. The standard InChI is InChI=1S/C33H50N4O/c1-7-8-9-10-13-24-34-33(38)35-32-18-12-11-17-29(32)26-37(25-23-28(4)16-14-15-27(2)3)31-21-19-30(20-22-31)36(5)6/h11-12,15,17-23H,7-10,13-14,16,24-26H2,1-6H3,(H2,34,35,38). The molecule has 0 saturated carbocycles. The molecule has 2 rings (SSSR count). The number of rotatable bonds is 16. The Kier molecular flexibility index (Phi) is 14.1. The number of hydrogen-bond donors (Lipinski definition) is 2. The maximum absolute atomic E-state index is 12.6. The Hall–Kier alpha value is -3.21. The minimum atomic E-state index is -0.134. The highest BCUT2D eigenvalue weighted by Gasteiger charge is 2.12. The maximum Gasteiger partial charge on any atom is 0.319 e. The first-order valence-electron chi connectivity index (χ1n) is 14.2. The lowest BCUT2D eigenvalue weighted by atomic mass is 10.1. The van der Waals surface area contributed by atoms with Crippen molar-refractivity contribution in [3.8, 4) is 0 Å². The van der Waals surface area contributed by atoms with Crippen molar-refractivity contribution in [1.82, 2.24) is 5.32 Å². The third-order valence-electron chi connectivity index (χ3n) is 6.68. The molecule has 2 aromatic carbocycles. The van der Waals surface area contributed by atoms with E-state index in [1.807, 2.05) is 18.2 Å². The van der Waals surface area contributed by atoms with E-state index in [-0.39, 0.29) is 6.03 Å². The largest absolute Gasteiger partial charge is 0.378 e. The van der Waals surface area contributed by atoms with E-state index >= 15 is 0 Å². The molecule has 0 fully saturated rings. The van der Waals surface area contributed by atoms with Crippen molar-refractivity contribution in [3.63, 3.8) is 0 Å². The Balaban J connectivity index is 2.13. The molecule has 0 saturated heterocycles. The van der Waals surface area contributed by atoms with Crippen molar-refractivity contribution >= 4 is 23.1 Å². The number of para-hydroxylation sites is 1. The van der Waals surface area contributed by atoms with E-state index in [2.05, 4.69) is 105 Å². The fraction of sp³-hybridized carbons (Fsp3) is 0.485. The number of hydrogen-bond acceptors (Lipinski definition) is 3. The molecule has 0 aromatic heterocycles. The number of carbonyl (C=O) groups excluding carboxylic acids is 1. The first kappa shape index (κ1) is 31.0. The Bertz CT molecular complexity index is 1020. The molecule has 2 aromatic rings. The van der Waals surface area contributed by atoms with Crippen molar-refractivity contribution in [3.05, 3.63) is 77.4 Å². The number of carbonyl (C=O) groups is 1. The number of nitrogens with zero attached hydrogens (tertiary/aromatic N) is 2. The molecule has 5 heteroatoms. The van der Waals surface area contributed by atoms with E-state index in [1.165, 1.54) is 36.1 Å². The van der Waals surface area contributed by atoms with Gasteiger partial charge in [0, 0.05) is 50.8 Å². The van der Waals surface area contributed by atoms with Gasteiger partial charge in [0.05, 0.1) is 0 Å². The molecule has 0 bridgehead atoms. The molecule has 0 unspecified atom stereocenters. The predicted molar refractivity (Wildman–Crippen MR) is 166 cm³/mol. The average molecular weight is 519 g/mol. The first-order valence-corrected chi connectivity index (χ1v) is 14.2. The summed E-state index contributed by atoms with van der Waals surface area (Å²) >= 11 is 0. The fourth-order valence-corrected chi connectivity index (χ4v) is 4.26. The van der Waals surface area contributed by atoms with Crippen LogP contribution < -0.4 is 20.4 Å². The lowest BCUT2D eigenvalue weighted by molar-refractivity contribution is 0.252. The van der Waals surface area contributed by atoms with Crippen LogP contribution in [0.25, 0.3) is 0 Å². The lowest BCUT2D eigenvalue weighted by Gasteiger charge is -2.26. The van der Waals surface area contributed by atoms with Gasteiger partial charge in [0.1, 0.15) is 0 Å². The van der Waals surface area contributed by atoms with Crippen molar-refractivity contribution < 1.29 is 4.79 Å². The predicted octanol–water partition coefficient (Wildman–Crippen LogP) is 8.54. The SMILES string of the molecule is CCCCCCCNC(=O)Nc1ccccc1CN(CC=C(C)CCC=C(C)C)c1ccc(N(C)C)cc1. The summed E-state index contributed by atoms with van der Waals surface area (Å²) in [4.78, 5) is 17.1. The monoisotopic (exact) mass is 518 g/mol. The molecule has 2 amide bonds. The normalized spacial score (nSPS) is 11.2. The molecule has 0 aliphatic heterocycles. The van der Waals surface area contributed by atoms with Crippen LogP contribution in [0.1, 0.15) is 78.2 Å². The van der Waals surface area contributed by atoms with Crippen LogP contribution >= 0.6 is 0 Å². The zero-order valence-electron chi connectivity index (χ0n) is 24.6. The van der Waals surface area contributed by atoms with Gasteiger partial charge in [0.15, 0.2) is 0 Å². The second-order valence-corrected chi connectivity index (χ2v) is 10.6. The van der Waals surface area contributed by atoms with Gasteiger partial charge in [-0.3, -0.25) is 0 Å². The third kappa shape index (κ3) is 11.9. The highest BCUT2D eigenvalue weighted by Crippen LogP contribution is 2.25. The number of benzene rings is 2. The second kappa shape index (κ2) is 17.3. The number of urea groups is 1. The zero-order valence-corrected chi connectivity index (χ0v) is 24.6. The summed E-state index contributed by atoms with van der Waals surface area (Å²) in [7, 11) is 4.12. The number of nitrogens with one attached hydrogen (secondary N) is 2. The van der Waals surface area contributed by atoms with Gasteiger partial charge in [-0.05, 0) is 75.9 Å². The molecule has 0 aliphatic rings. The molecular weight excluding hydrogens is 468 g/mol. The highest BCUT2D eigenvalue weighted by atomic mass is 16.2. The van der Waals surface area contributed by atoms with Gasteiger partial charge in [-0.15, -0.1) is 0 Å². The van der Waals surface area contributed by atoms with Crippen LogP contribution in [-0.2, 0) is 6.54 Å².